The fourth-order valence-electron chi connectivity index (χ4n) is 1.64. The molecule has 0 spiro atoms. The predicted octanol–water partition coefficient (Wildman–Crippen LogP) is 3.21. The van der Waals surface area contributed by atoms with Crippen LogP contribution >= 0.6 is 0 Å². The monoisotopic (exact) mass is 245 g/mol. The molecule has 0 bridgehead atoms. The minimum absolute atomic E-state index is 0.215. The summed E-state index contributed by atoms with van der Waals surface area (Å²) in [5.41, 5.74) is 2.27. The Balaban J connectivity index is 3.29. The number of hydrogen-bond donors (Lipinski definition) is 0. The van der Waals surface area contributed by atoms with Crippen molar-refractivity contribution in [1.82, 2.24) is 0 Å². The van der Waals surface area contributed by atoms with Crippen molar-refractivity contribution in [3.05, 3.63) is 47.8 Å². The van der Waals surface area contributed by atoms with Gasteiger partial charge in [0.1, 0.15) is 5.76 Å². The van der Waals surface area contributed by atoms with Crippen LogP contribution < -0.4 is 0 Å². The Kier molecular flexibility index (Phi) is 4.43. The Labute approximate surface area is 108 Å². The van der Waals surface area contributed by atoms with Crippen molar-refractivity contribution in [2.75, 3.05) is 7.11 Å². The second-order valence-electron chi connectivity index (χ2n) is 4.53. The third-order valence-corrected chi connectivity index (χ3v) is 3.22. The van der Waals surface area contributed by atoms with E-state index in [0.717, 1.165) is 11.1 Å². The number of methoxy groups -OCH3 is 1. The zero-order valence-corrected chi connectivity index (χ0v) is 11.4. The molecule has 0 fully saturated rings. The second-order valence-corrected chi connectivity index (χ2v) is 4.53. The minimum Gasteiger partial charge on any atom is -0.496 e. The Morgan fingerprint density at radius 3 is 2.50 bits per heavy atom. The van der Waals surface area contributed by atoms with Crippen LogP contribution in [-0.2, 0) is 9.53 Å². The van der Waals surface area contributed by atoms with Crippen LogP contribution in [0.3, 0.4) is 0 Å². The summed E-state index contributed by atoms with van der Waals surface area (Å²) in [5, 5.41) is 0. The lowest BCUT2D eigenvalue weighted by molar-refractivity contribution is -0.106. The first-order valence-electron chi connectivity index (χ1n) is 5.75. The molecule has 0 saturated heterocycles. The van der Waals surface area contributed by atoms with E-state index < -0.39 is 0 Å². The van der Waals surface area contributed by atoms with Crippen LogP contribution in [0.5, 0.6) is 0 Å². The second kappa shape index (κ2) is 5.63. The molecule has 0 aliphatic heterocycles. The van der Waals surface area contributed by atoms with Crippen LogP contribution in [0.25, 0.3) is 0 Å². The lowest BCUT2D eigenvalue weighted by Crippen LogP contribution is -2.09. The standard InChI is InChI=1S/C15H19NO2/c1-11(2)15(4)8-6-13(12(3)16-10-17)14(18-5)7-9-15/h6-10H,1H2,2-5H3. The first-order valence-corrected chi connectivity index (χ1v) is 5.75. The summed E-state index contributed by atoms with van der Waals surface area (Å²) in [6, 6.07) is 0. The molecule has 0 aromatic carbocycles. The first kappa shape index (κ1) is 14.2. The number of carbonyl (C=O) groups excluding carboxylic acids is 1. The molecule has 0 saturated carbocycles. The average Bonchev–Trinajstić information content (AvgIpc) is 2.49. The van der Waals surface area contributed by atoms with Crippen molar-refractivity contribution in [2.24, 2.45) is 10.4 Å². The van der Waals surface area contributed by atoms with Crippen molar-refractivity contribution in [1.29, 1.82) is 0 Å². The van der Waals surface area contributed by atoms with Crippen LogP contribution in [-0.4, -0.2) is 19.2 Å². The lowest BCUT2D eigenvalue weighted by atomic mass is 9.83. The lowest BCUT2D eigenvalue weighted by Gasteiger charge is -2.21. The van der Waals surface area contributed by atoms with Gasteiger partial charge in [-0.1, -0.05) is 30.4 Å². The van der Waals surface area contributed by atoms with E-state index in [4.69, 9.17) is 4.74 Å². The van der Waals surface area contributed by atoms with Gasteiger partial charge in [0.15, 0.2) is 0 Å². The minimum atomic E-state index is -0.215. The summed E-state index contributed by atoms with van der Waals surface area (Å²) in [6.45, 7) is 9.84. The molecule has 0 N–H and O–H groups in total. The van der Waals surface area contributed by atoms with E-state index in [1.807, 2.05) is 31.2 Å². The number of ether oxygens (including phenoxy) is 1. The van der Waals surface area contributed by atoms with Crippen LogP contribution in [0, 0.1) is 5.41 Å². The maximum Gasteiger partial charge on any atom is 0.233 e. The van der Waals surface area contributed by atoms with Gasteiger partial charge in [0, 0.05) is 11.0 Å². The van der Waals surface area contributed by atoms with Crippen molar-refractivity contribution < 1.29 is 9.53 Å². The van der Waals surface area contributed by atoms with Crippen LogP contribution in [0.15, 0.2) is 52.8 Å². The normalized spacial score (nSPS) is 23.9. The predicted molar refractivity (Wildman–Crippen MR) is 74.4 cm³/mol. The van der Waals surface area contributed by atoms with E-state index in [0.29, 0.717) is 17.9 Å². The zero-order valence-electron chi connectivity index (χ0n) is 11.4. The molecular weight excluding hydrogens is 226 g/mol. The van der Waals surface area contributed by atoms with E-state index in [1.54, 1.807) is 14.0 Å². The number of nitrogens with zero attached hydrogens (tertiary/aromatic N) is 1. The highest BCUT2D eigenvalue weighted by Crippen LogP contribution is 2.32. The summed E-state index contributed by atoms with van der Waals surface area (Å²) in [5.74, 6) is 0.694. The molecule has 0 heterocycles. The van der Waals surface area contributed by atoms with Gasteiger partial charge in [0.2, 0.25) is 6.41 Å². The Morgan fingerprint density at radius 1 is 1.39 bits per heavy atom. The fraction of sp³-hybridized carbons (Fsp3) is 0.333. The number of hydrogen-bond acceptors (Lipinski definition) is 2. The number of rotatable bonds is 4. The van der Waals surface area contributed by atoms with E-state index >= 15 is 0 Å². The largest absolute Gasteiger partial charge is 0.496 e. The highest BCUT2D eigenvalue weighted by molar-refractivity contribution is 6.04. The molecule has 1 amide bonds. The Morgan fingerprint density at radius 2 is 2.00 bits per heavy atom. The fourth-order valence-corrected chi connectivity index (χ4v) is 1.64. The number of aliphatic imine (C=N–C) groups is 1. The van der Waals surface area contributed by atoms with Crippen LogP contribution in [0.4, 0.5) is 0 Å². The van der Waals surface area contributed by atoms with E-state index in [1.165, 1.54) is 0 Å². The number of allylic oxidation sites excluding steroid dienone is 6. The zero-order chi connectivity index (χ0) is 13.8. The summed E-state index contributed by atoms with van der Waals surface area (Å²) >= 11 is 0. The van der Waals surface area contributed by atoms with Gasteiger partial charge in [0.05, 0.1) is 12.8 Å². The smallest absolute Gasteiger partial charge is 0.233 e. The molecule has 0 radical (unpaired) electrons. The average molecular weight is 245 g/mol. The van der Waals surface area contributed by atoms with Gasteiger partial charge >= 0.3 is 0 Å². The SMILES string of the molecule is C=C(C)C1(C)C=CC(OC)=C(C(C)=NC=O)C=C1. The van der Waals surface area contributed by atoms with Gasteiger partial charge in [-0.15, -0.1) is 0 Å². The molecule has 0 aromatic heterocycles. The molecule has 1 unspecified atom stereocenters. The van der Waals surface area contributed by atoms with E-state index in [9.17, 15) is 4.79 Å². The summed E-state index contributed by atoms with van der Waals surface area (Å²) in [6.07, 6.45) is 8.43. The highest BCUT2D eigenvalue weighted by Gasteiger charge is 2.21. The molecule has 96 valence electrons. The molecule has 1 atom stereocenters. The maximum absolute atomic E-state index is 10.5. The Hall–Kier alpha value is -1.90. The molecule has 18 heavy (non-hydrogen) atoms. The molecule has 1 aliphatic carbocycles. The van der Waals surface area contributed by atoms with Gasteiger partial charge in [-0.05, 0) is 26.8 Å². The first-order chi connectivity index (χ1) is 8.44. The van der Waals surface area contributed by atoms with Gasteiger partial charge in [-0.3, -0.25) is 4.79 Å². The summed E-state index contributed by atoms with van der Waals surface area (Å²) < 4.78 is 5.34. The topological polar surface area (TPSA) is 38.7 Å². The highest BCUT2D eigenvalue weighted by atomic mass is 16.5. The van der Waals surface area contributed by atoms with Crippen molar-refractivity contribution in [3.8, 4) is 0 Å². The van der Waals surface area contributed by atoms with Gasteiger partial charge in [-0.25, -0.2) is 4.99 Å². The molecule has 0 aromatic rings. The summed E-state index contributed by atoms with van der Waals surface area (Å²) in [4.78, 5) is 14.2. The van der Waals surface area contributed by atoms with Crippen molar-refractivity contribution in [3.63, 3.8) is 0 Å². The van der Waals surface area contributed by atoms with Gasteiger partial charge < -0.3 is 4.74 Å². The maximum atomic E-state index is 10.5. The molecule has 3 nitrogen and oxygen atoms in total. The third-order valence-electron chi connectivity index (χ3n) is 3.22. The van der Waals surface area contributed by atoms with Gasteiger partial charge in [-0.2, -0.15) is 0 Å². The van der Waals surface area contributed by atoms with Crippen LogP contribution in [0.2, 0.25) is 0 Å². The number of amides is 1. The van der Waals surface area contributed by atoms with Gasteiger partial charge in [0.25, 0.3) is 0 Å². The molecule has 1 rings (SSSR count). The van der Waals surface area contributed by atoms with Crippen molar-refractivity contribution >= 4 is 12.1 Å². The Bertz CT molecular complexity index is 481. The quantitative estimate of drug-likeness (QED) is 0.433. The van der Waals surface area contributed by atoms with Crippen LogP contribution in [0.1, 0.15) is 20.8 Å². The number of carbonyl (C=O) groups is 1. The summed E-state index contributed by atoms with van der Waals surface area (Å²) in [7, 11) is 1.60. The molecule has 1 aliphatic rings. The molecule has 3 heteroatoms. The van der Waals surface area contributed by atoms with E-state index in [2.05, 4.69) is 18.5 Å². The molecular formula is C15H19NO2. The third kappa shape index (κ3) is 2.86. The van der Waals surface area contributed by atoms with E-state index in [-0.39, 0.29) is 5.41 Å². The van der Waals surface area contributed by atoms with Crippen molar-refractivity contribution in [2.45, 2.75) is 20.8 Å².